The van der Waals surface area contributed by atoms with Gasteiger partial charge in [0.2, 0.25) is 0 Å². The number of carbonyl (C=O) groups excluding carboxylic acids is 1. The van der Waals surface area contributed by atoms with Crippen LogP contribution in [0.3, 0.4) is 0 Å². The van der Waals surface area contributed by atoms with Gasteiger partial charge in [0.25, 0.3) is 14.9 Å². The zero-order chi connectivity index (χ0) is 23.6. The Morgan fingerprint density at radius 2 is 1.91 bits per heavy atom. The molecule has 2 aromatic carbocycles. The van der Waals surface area contributed by atoms with Crippen molar-refractivity contribution in [3.05, 3.63) is 52.3 Å². The topological polar surface area (TPSA) is 93.8 Å². The van der Waals surface area contributed by atoms with Crippen LogP contribution in [0.5, 0.6) is 0 Å². The lowest BCUT2D eigenvalue weighted by Gasteiger charge is -2.30. The predicted octanol–water partition coefficient (Wildman–Crippen LogP) is 4.65. The van der Waals surface area contributed by atoms with Crippen LogP contribution in [0, 0.1) is 10.8 Å². The van der Waals surface area contributed by atoms with E-state index in [0.29, 0.717) is 61.0 Å². The number of benzene rings is 2. The lowest BCUT2D eigenvalue weighted by molar-refractivity contribution is -0.149. The predicted molar refractivity (Wildman–Crippen MR) is 128 cm³/mol. The number of oxazole rings is 1. The average Bonchev–Trinajstić information content (AvgIpc) is 3.10. The fraction of sp³-hybridized carbons (Fsp3) is 0.364. The Bertz CT molecular complexity index is 1310. The largest absolute Gasteiger partial charge is 0.466 e. The standard InChI is InChI=1S/C22H24ClN3O5S2/c1-2-30-21(27)15-9-11-25(12-10-15)14-26-19-13-18(7-8-20(19)31-22(26)32)33(28,29)24-17-5-3-16(23)4-6-17/h3-8,13,15,24H,2,9-12,14H2,1H3. The number of rotatable bonds is 7. The third-order valence-electron chi connectivity index (χ3n) is 5.59. The molecule has 4 rings (SSSR count). The fourth-order valence-electron chi connectivity index (χ4n) is 3.85. The van der Waals surface area contributed by atoms with Crippen molar-refractivity contribution in [2.75, 3.05) is 24.4 Å². The maximum absolute atomic E-state index is 12.9. The van der Waals surface area contributed by atoms with E-state index in [1.807, 2.05) is 0 Å². The summed E-state index contributed by atoms with van der Waals surface area (Å²) in [6, 6.07) is 11.1. The van der Waals surface area contributed by atoms with Crippen LogP contribution >= 0.6 is 23.8 Å². The van der Waals surface area contributed by atoms with E-state index in [2.05, 4.69) is 9.62 Å². The summed E-state index contributed by atoms with van der Waals surface area (Å²) in [7, 11) is -3.83. The lowest BCUT2D eigenvalue weighted by atomic mass is 9.97. The molecule has 0 spiro atoms. The van der Waals surface area contributed by atoms with Gasteiger partial charge in [0.1, 0.15) is 0 Å². The second-order valence-corrected chi connectivity index (χ2v) is 10.3. The van der Waals surface area contributed by atoms with Crippen LogP contribution in [-0.2, 0) is 26.2 Å². The molecule has 1 aromatic heterocycles. The van der Waals surface area contributed by atoms with E-state index in [1.54, 1.807) is 47.9 Å². The lowest BCUT2D eigenvalue weighted by Crippen LogP contribution is -2.37. The normalized spacial score (nSPS) is 15.6. The van der Waals surface area contributed by atoms with Gasteiger partial charge < -0.3 is 9.15 Å². The highest BCUT2D eigenvalue weighted by Gasteiger charge is 2.26. The smallest absolute Gasteiger partial charge is 0.309 e. The van der Waals surface area contributed by atoms with Crippen molar-refractivity contribution in [3.63, 3.8) is 0 Å². The summed E-state index contributed by atoms with van der Waals surface area (Å²) >= 11 is 11.3. The van der Waals surface area contributed by atoms with Crippen molar-refractivity contribution in [3.8, 4) is 0 Å². The first-order chi connectivity index (χ1) is 15.8. The van der Waals surface area contributed by atoms with Crippen LogP contribution in [0.2, 0.25) is 5.02 Å². The number of fused-ring (bicyclic) bond motifs is 1. The van der Waals surface area contributed by atoms with Crippen molar-refractivity contribution >= 4 is 56.6 Å². The van der Waals surface area contributed by atoms with E-state index in [4.69, 9.17) is 33.0 Å². The summed E-state index contributed by atoms with van der Waals surface area (Å²) in [5.41, 5.74) is 1.51. The molecule has 0 saturated carbocycles. The Morgan fingerprint density at radius 3 is 2.58 bits per heavy atom. The molecule has 33 heavy (non-hydrogen) atoms. The molecule has 0 aliphatic carbocycles. The molecule has 8 nitrogen and oxygen atoms in total. The number of hydrogen-bond donors (Lipinski definition) is 1. The summed E-state index contributed by atoms with van der Waals surface area (Å²) in [5.74, 6) is -0.239. The molecule has 1 saturated heterocycles. The molecule has 1 aliphatic rings. The zero-order valence-corrected chi connectivity index (χ0v) is 20.4. The Morgan fingerprint density at radius 1 is 1.21 bits per heavy atom. The molecule has 1 aliphatic heterocycles. The van der Waals surface area contributed by atoms with Gasteiger partial charge in [-0.2, -0.15) is 0 Å². The molecule has 0 unspecified atom stereocenters. The first-order valence-electron chi connectivity index (χ1n) is 10.6. The third kappa shape index (κ3) is 5.40. The minimum absolute atomic E-state index is 0.0917. The summed E-state index contributed by atoms with van der Waals surface area (Å²) in [6.07, 6.45) is 1.40. The highest BCUT2D eigenvalue weighted by atomic mass is 35.5. The Kier molecular flexibility index (Phi) is 7.08. The second kappa shape index (κ2) is 9.84. The van der Waals surface area contributed by atoms with Crippen molar-refractivity contribution in [1.29, 1.82) is 0 Å². The van der Waals surface area contributed by atoms with Crippen LogP contribution in [0.4, 0.5) is 5.69 Å². The maximum atomic E-state index is 12.9. The van der Waals surface area contributed by atoms with E-state index < -0.39 is 10.0 Å². The monoisotopic (exact) mass is 509 g/mol. The van der Waals surface area contributed by atoms with Gasteiger partial charge in [-0.1, -0.05) is 11.6 Å². The number of sulfonamides is 1. The summed E-state index contributed by atoms with van der Waals surface area (Å²) in [6.45, 7) is 4.03. The highest BCUT2D eigenvalue weighted by molar-refractivity contribution is 7.92. The molecular weight excluding hydrogens is 486 g/mol. The van der Waals surface area contributed by atoms with E-state index in [-0.39, 0.29) is 21.6 Å². The first kappa shape index (κ1) is 23.7. The fourth-order valence-corrected chi connectivity index (χ4v) is 5.30. The van der Waals surface area contributed by atoms with Crippen LogP contribution < -0.4 is 4.72 Å². The Labute approximate surface area is 202 Å². The molecule has 0 bridgehead atoms. The second-order valence-electron chi connectivity index (χ2n) is 7.82. The first-order valence-corrected chi connectivity index (χ1v) is 12.8. The number of likely N-dealkylation sites (tertiary alicyclic amines) is 1. The Hall–Kier alpha value is -2.40. The molecule has 0 atom stereocenters. The highest BCUT2D eigenvalue weighted by Crippen LogP contribution is 2.26. The van der Waals surface area contributed by atoms with Crippen LogP contribution in [0.1, 0.15) is 19.8 Å². The van der Waals surface area contributed by atoms with Crippen LogP contribution in [0.25, 0.3) is 11.1 Å². The number of aromatic nitrogens is 1. The van der Waals surface area contributed by atoms with Gasteiger partial charge in [-0.3, -0.25) is 19.0 Å². The molecule has 11 heteroatoms. The maximum Gasteiger partial charge on any atom is 0.309 e. The van der Waals surface area contributed by atoms with E-state index in [0.717, 1.165) is 0 Å². The minimum Gasteiger partial charge on any atom is -0.466 e. The number of carbonyl (C=O) groups is 1. The molecule has 1 N–H and O–H groups in total. The van der Waals surface area contributed by atoms with E-state index >= 15 is 0 Å². The van der Waals surface area contributed by atoms with Gasteiger partial charge in [-0.15, -0.1) is 0 Å². The minimum atomic E-state index is -3.83. The number of nitrogens with zero attached hydrogens (tertiary/aromatic N) is 2. The number of ether oxygens (including phenoxy) is 1. The third-order valence-corrected chi connectivity index (χ3v) is 7.53. The Balaban J connectivity index is 1.53. The van der Waals surface area contributed by atoms with Gasteiger partial charge in [0, 0.05) is 23.8 Å². The summed E-state index contributed by atoms with van der Waals surface area (Å²) < 4.78 is 41.0. The number of piperidine rings is 1. The number of esters is 1. The molecular formula is C22H24ClN3O5S2. The van der Waals surface area contributed by atoms with Gasteiger partial charge in [0.05, 0.1) is 29.6 Å². The summed E-state index contributed by atoms with van der Waals surface area (Å²) in [4.78, 5) is 14.5. The SMILES string of the molecule is CCOC(=O)C1CCN(Cn2c(=S)oc3ccc(S(=O)(=O)Nc4ccc(Cl)cc4)cc32)CC1. The van der Waals surface area contributed by atoms with Crippen molar-refractivity contribution in [2.45, 2.75) is 31.3 Å². The molecule has 0 amide bonds. The van der Waals surface area contributed by atoms with Gasteiger partial charge in [0.15, 0.2) is 5.58 Å². The number of halogens is 1. The van der Waals surface area contributed by atoms with Crippen molar-refractivity contribution in [1.82, 2.24) is 9.47 Å². The van der Waals surface area contributed by atoms with Gasteiger partial charge in [-0.05, 0) is 74.4 Å². The van der Waals surface area contributed by atoms with Gasteiger partial charge in [-0.25, -0.2) is 8.42 Å². The van der Waals surface area contributed by atoms with Gasteiger partial charge >= 0.3 is 5.97 Å². The van der Waals surface area contributed by atoms with Crippen molar-refractivity contribution in [2.24, 2.45) is 5.92 Å². The molecule has 2 heterocycles. The quantitative estimate of drug-likeness (QED) is 0.366. The molecule has 176 valence electrons. The van der Waals surface area contributed by atoms with Crippen molar-refractivity contribution < 1.29 is 22.4 Å². The average molecular weight is 510 g/mol. The summed E-state index contributed by atoms with van der Waals surface area (Å²) in [5, 5.41) is 0.517. The van der Waals surface area contributed by atoms with E-state index in [9.17, 15) is 13.2 Å². The van der Waals surface area contributed by atoms with Crippen LogP contribution in [0.15, 0.2) is 51.8 Å². The number of anilines is 1. The zero-order valence-electron chi connectivity index (χ0n) is 18.0. The number of nitrogens with one attached hydrogen (secondary N) is 1. The molecule has 3 aromatic rings. The number of hydrogen-bond acceptors (Lipinski definition) is 7. The van der Waals surface area contributed by atoms with Crippen LogP contribution in [-0.4, -0.2) is 43.6 Å². The molecule has 0 radical (unpaired) electrons. The molecule has 1 fully saturated rings. The van der Waals surface area contributed by atoms with E-state index in [1.165, 1.54) is 6.07 Å².